The highest BCUT2D eigenvalue weighted by molar-refractivity contribution is 7.99. The number of benzene rings is 3. The molecular weight excluding hydrogens is 542 g/mol. The van der Waals surface area contributed by atoms with Gasteiger partial charge in [-0.05, 0) is 80.9 Å². The summed E-state index contributed by atoms with van der Waals surface area (Å²) in [6, 6.07) is 18.0. The second-order valence-corrected chi connectivity index (χ2v) is 11.6. The minimum Gasteiger partial charge on any atom is -0.435 e. The molecule has 1 aliphatic rings. The van der Waals surface area contributed by atoms with E-state index in [4.69, 9.17) is 16.0 Å². The van der Waals surface area contributed by atoms with Gasteiger partial charge in [0.25, 0.3) is 0 Å². The van der Waals surface area contributed by atoms with Crippen LogP contribution in [0, 0.1) is 18.3 Å². The third-order valence-corrected chi connectivity index (χ3v) is 9.07. The first kappa shape index (κ1) is 26.6. The summed E-state index contributed by atoms with van der Waals surface area (Å²) < 4.78 is 8.31. The fraction of sp³-hybridized carbons (Fsp3) is 0.258. The van der Waals surface area contributed by atoms with Crippen molar-refractivity contribution in [1.82, 2.24) is 19.4 Å². The van der Waals surface area contributed by atoms with Crippen LogP contribution < -0.4 is 0 Å². The second kappa shape index (κ2) is 11.1. The van der Waals surface area contributed by atoms with E-state index in [2.05, 4.69) is 38.7 Å². The van der Waals surface area contributed by atoms with Crippen molar-refractivity contribution in [3.63, 3.8) is 0 Å². The number of nitrogens with zero attached hydrogens (tertiary/aromatic N) is 5. The molecule has 0 atom stereocenters. The second-order valence-electron chi connectivity index (χ2n) is 10.2. The number of aliphatic hydroxyl groups is 1. The number of likely N-dealkylation sites (tertiary alicyclic amines) is 1. The van der Waals surface area contributed by atoms with Gasteiger partial charge in [0.05, 0.1) is 23.5 Å². The molecule has 2 aromatic heterocycles. The van der Waals surface area contributed by atoms with E-state index in [-0.39, 0.29) is 6.61 Å². The Morgan fingerprint density at radius 2 is 1.88 bits per heavy atom. The van der Waals surface area contributed by atoms with Gasteiger partial charge >= 0.3 is 0 Å². The fourth-order valence-corrected chi connectivity index (χ4v) is 6.50. The molecule has 0 saturated carbocycles. The maximum Gasteiger partial charge on any atom is 0.227 e. The molecule has 6 rings (SSSR count). The highest BCUT2D eigenvalue weighted by atomic mass is 35.5. The summed E-state index contributed by atoms with van der Waals surface area (Å²) in [6.07, 6.45) is 6.32. The zero-order valence-electron chi connectivity index (χ0n) is 22.3. The minimum absolute atomic E-state index is 0.174. The van der Waals surface area contributed by atoms with Crippen LogP contribution in [0.4, 0.5) is 0 Å². The third kappa shape index (κ3) is 5.02. The zero-order valence-corrected chi connectivity index (χ0v) is 23.8. The Balaban J connectivity index is 1.31. The van der Waals surface area contributed by atoms with Gasteiger partial charge in [-0.15, -0.1) is 0 Å². The third-order valence-electron chi connectivity index (χ3n) is 7.57. The molecule has 0 unspecified atom stereocenters. The number of aromatic nitrogens is 3. The van der Waals surface area contributed by atoms with E-state index < -0.39 is 0 Å². The van der Waals surface area contributed by atoms with Crippen molar-refractivity contribution >= 4 is 34.5 Å². The average Bonchev–Trinajstić information content (AvgIpc) is 3.61. The van der Waals surface area contributed by atoms with Crippen LogP contribution in [0.1, 0.15) is 35.6 Å². The largest absolute Gasteiger partial charge is 0.435 e. The monoisotopic (exact) mass is 569 g/mol. The van der Waals surface area contributed by atoms with E-state index in [1.165, 1.54) is 0 Å². The number of piperidine rings is 1. The number of imidazole rings is 1. The van der Waals surface area contributed by atoms with Gasteiger partial charge in [0.15, 0.2) is 5.58 Å². The lowest BCUT2D eigenvalue weighted by Gasteiger charge is -2.29. The number of fused-ring (bicyclic) bond motifs is 1. The maximum atomic E-state index is 9.58. The van der Waals surface area contributed by atoms with Crippen LogP contribution in [0.5, 0.6) is 0 Å². The summed E-state index contributed by atoms with van der Waals surface area (Å²) >= 11 is 8.58. The van der Waals surface area contributed by atoms with Crippen LogP contribution in [0.2, 0.25) is 5.02 Å². The number of oxazole rings is 1. The molecule has 5 aromatic rings. The van der Waals surface area contributed by atoms with Crippen molar-refractivity contribution < 1.29 is 9.52 Å². The average molecular weight is 570 g/mol. The lowest BCUT2D eigenvalue weighted by atomic mass is 9.96. The molecule has 1 aliphatic heterocycles. The van der Waals surface area contributed by atoms with Crippen molar-refractivity contribution in [1.29, 1.82) is 5.26 Å². The van der Waals surface area contributed by atoms with E-state index >= 15 is 0 Å². The van der Waals surface area contributed by atoms with Gasteiger partial charge < -0.3 is 19.0 Å². The van der Waals surface area contributed by atoms with Gasteiger partial charge in [-0.2, -0.15) is 5.26 Å². The van der Waals surface area contributed by atoms with Crippen LogP contribution in [0.3, 0.4) is 0 Å². The van der Waals surface area contributed by atoms with Crippen molar-refractivity contribution in [3.8, 4) is 28.7 Å². The zero-order chi connectivity index (χ0) is 27.8. The molecule has 0 amide bonds. The van der Waals surface area contributed by atoms with Crippen molar-refractivity contribution in [2.45, 2.75) is 42.3 Å². The van der Waals surface area contributed by atoms with Gasteiger partial charge in [0, 0.05) is 28.3 Å². The topological polar surface area (TPSA) is 91.1 Å². The van der Waals surface area contributed by atoms with Gasteiger partial charge in [-0.3, -0.25) is 0 Å². The van der Waals surface area contributed by atoms with E-state index in [1.807, 2.05) is 49.6 Å². The van der Waals surface area contributed by atoms with Gasteiger partial charge in [-0.25, -0.2) is 9.97 Å². The Labute approximate surface area is 242 Å². The minimum atomic E-state index is -0.174. The lowest BCUT2D eigenvalue weighted by Crippen LogP contribution is -2.31. The molecule has 1 fully saturated rings. The first-order valence-electron chi connectivity index (χ1n) is 13.2. The maximum absolute atomic E-state index is 9.58. The van der Waals surface area contributed by atoms with Crippen LogP contribution in [-0.2, 0) is 6.61 Å². The van der Waals surface area contributed by atoms with Crippen LogP contribution in [0.15, 0.2) is 75.4 Å². The number of halogens is 1. The van der Waals surface area contributed by atoms with Crippen molar-refractivity contribution in [3.05, 3.63) is 82.8 Å². The number of nitriles is 1. The molecule has 202 valence electrons. The number of aliphatic hydroxyl groups excluding tert-OH is 1. The first-order chi connectivity index (χ1) is 19.4. The molecule has 40 heavy (non-hydrogen) atoms. The fourth-order valence-electron chi connectivity index (χ4n) is 5.31. The summed E-state index contributed by atoms with van der Waals surface area (Å²) in [5, 5.41) is 20.7. The van der Waals surface area contributed by atoms with E-state index in [0.717, 1.165) is 58.1 Å². The number of hydrogen-bond donors (Lipinski definition) is 1. The molecule has 1 saturated heterocycles. The molecule has 9 heteroatoms. The SMILES string of the molecule is Cc1c(-c2nc3cc(CO)cc(C#N)c3o2)cccc1-c1cccc(Sc2cn(C3CCN(C)CC3)cn2)c1Cl. The predicted molar refractivity (Wildman–Crippen MR) is 157 cm³/mol. The lowest BCUT2D eigenvalue weighted by molar-refractivity contribution is 0.221. The highest BCUT2D eigenvalue weighted by Gasteiger charge is 2.21. The van der Waals surface area contributed by atoms with Crippen molar-refractivity contribution in [2.24, 2.45) is 0 Å². The van der Waals surface area contributed by atoms with Gasteiger partial charge in [-0.1, -0.05) is 47.6 Å². The van der Waals surface area contributed by atoms with E-state index in [1.54, 1.807) is 23.9 Å². The standard InChI is InChI=1S/C31H28ClN5O2S/c1-19-23(5-3-6-24(19)31-35-26-14-20(17-38)13-21(15-33)30(26)39-31)25-7-4-8-27(29(25)32)40-28-16-37(18-34-28)22-9-11-36(2)12-10-22/h3-8,13-14,16,18,22,38H,9-12,17H2,1-2H3. The van der Waals surface area contributed by atoms with Gasteiger partial charge in [0.1, 0.15) is 16.6 Å². The Kier molecular flexibility index (Phi) is 7.39. The molecule has 0 spiro atoms. The Bertz CT molecular complexity index is 1750. The Morgan fingerprint density at radius 3 is 2.65 bits per heavy atom. The quantitative estimate of drug-likeness (QED) is 0.233. The first-order valence-corrected chi connectivity index (χ1v) is 14.4. The van der Waals surface area contributed by atoms with Crippen LogP contribution in [0.25, 0.3) is 33.7 Å². The Morgan fingerprint density at radius 1 is 1.12 bits per heavy atom. The molecule has 0 aliphatic carbocycles. The summed E-state index contributed by atoms with van der Waals surface area (Å²) in [7, 11) is 2.17. The molecule has 7 nitrogen and oxygen atoms in total. The van der Waals surface area contributed by atoms with Gasteiger partial charge in [0.2, 0.25) is 5.89 Å². The summed E-state index contributed by atoms with van der Waals surface area (Å²) in [6.45, 7) is 4.05. The number of hydrogen-bond acceptors (Lipinski definition) is 7. The van der Waals surface area contributed by atoms with E-state index in [0.29, 0.717) is 39.2 Å². The number of rotatable bonds is 6. The molecule has 0 bridgehead atoms. The summed E-state index contributed by atoms with van der Waals surface area (Å²) in [4.78, 5) is 12.6. The Hall–Kier alpha value is -3.61. The molecule has 3 aromatic carbocycles. The highest BCUT2D eigenvalue weighted by Crippen LogP contribution is 2.42. The summed E-state index contributed by atoms with van der Waals surface area (Å²) in [5.41, 5.74) is 5.58. The molecular formula is C31H28ClN5O2S. The van der Waals surface area contributed by atoms with Crippen LogP contribution >= 0.6 is 23.4 Å². The van der Waals surface area contributed by atoms with E-state index in [9.17, 15) is 10.4 Å². The normalized spacial score (nSPS) is 14.6. The predicted octanol–water partition coefficient (Wildman–Crippen LogP) is 7.10. The summed E-state index contributed by atoms with van der Waals surface area (Å²) in [5.74, 6) is 0.419. The van der Waals surface area contributed by atoms with Crippen molar-refractivity contribution in [2.75, 3.05) is 20.1 Å². The smallest absolute Gasteiger partial charge is 0.227 e. The molecule has 1 N–H and O–H groups in total. The molecule has 0 radical (unpaired) electrons. The van der Waals surface area contributed by atoms with Crippen LogP contribution in [-0.4, -0.2) is 44.7 Å². The molecule has 3 heterocycles.